The van der Waals surface area contributed by atoms with Crippen LogP contribution in [0.25, 0.3) is 0 Å². The zero-order valence-electron chi connectivity index (χ0n) is 21.3. The molecule has 0 aromatic rings. The van der Waals surface area contributed by atoms with Gasteiger partial charge in [0.25, 0.3) is 0 Å². The van der Waals surface area contributed by atoms with Crippen LogP contribution in [-0.2, 0) is 14.3 Å². The molecule has 0 aromatic carbocycles. The van der Waals surface area contributed by atoms with Crippen LogP contribution in [0.15, 0.2) is 12.2 Å². The van der Waals surface area contributed by atoms with Crippen molar-refractivity contribution in [2.75, 3.05) is 0 Å². The van der Waals surface area contributed by atoms with Crippen molar-refractivity contribution in [1.82, 2.24) is 0 Å². The predicted octanol–water partition coefficient (Wildman–Crippen LogP) is 8.77. The van der Waals surface area contributed by atoms with Gasteiger partial charge in [-0.2, -0.15) is 0 Å². The van der Waals surface area contributed by atoms with E-state index in [1.165, 1.54) is 64.2 Å². The molecule has 0 spiro atoms. The van der Waals surface area contributed by atoms with E-state index in [9.17, 15) is 9.59 Å². The van der Waals surface area contributed by atoms with Gasteiger partial charge in [-0.15, -0.1) is 0 Å². The molecule has 4 heteroatoms. The van der Waals surface area contributed by atoms with Crippen LogP contribution in [0.3, 0.4) is 0 Å². The largest absolute Gasteiger partial charge is 0.481 e. The van der Waals surface area contributed by atoms with Gasteiger partial charge in [0, 0.05) is 12.8 Å². The molecular formula is C28H52O4. The number of esters is 1. The third-order valence-electron chi connectivity index (χ3n) is 5.99. The van der Waals surface area contributed by atoms with Gasteiger partial charge < -0.3 is 9.84 Å². The maximum atomic E-state index is 12.3. The van der Waals surface area contributed by atoms with E-state index in [1.807, 2.05) is 0 Å². The average molecular weight is 453 g/mol. The number of allylic oxidation sites excluding steroid dienone is 2. The van der Waals surface area contributed by atoms with E-state index in [1.54, 1.807) is 0 Å². The van der Waals surface area contributed by atoms with Gasteiger partial charge in [0.1, 0.15) is 6.10 Å². The molecule has 0 bridgehead atoms. The van der Waals surface area contributed by atoms with Crippen LogP contribution in [0.4, 0.5) is 0 Å². The summed E-state index contributed by atoms with van der Waals surface area (Å²) in [4.78, 5) is 22.9. The SMILES string of the molecule is CCCC/C=C\CCCCCCCC(=O)OC(CCCCCC)CCCCCCC(=O)O. The number of rotatable bonds is 24. The molecule has 0 heterocycles. The van der Waals surface area contributed by atoms with Gasteiger partial charge in [-0.1, -0.05) is 90.2 Å². The van der Waals surface area contributed by atoms with Crippen molar-refractivity contribution in [2.45, 2.75) is 155 Å². The average Bonchev–Trinajstić information content (AvgIpc) is 2.76. The summed E-state index contributed by atoms with van der Waals surface area (Å²) < 4.78 is 5.83. The first kappa shape index (κ1) is 30.7. The molecular weight excluding hydrogens is 400 g/mol. The number of carboxylic acid groups (broad SMARTS) is 1. The fourth-order valence-electron chi connectivity index (χ4n) is 3.93. The molecule has 0 aliphatic heterocycles. The highest BCUT2D eigenvalue weighted by molar-refractivity contribution is 5.69. The molecule has 0 aromatic heterocycles. The number of carbonyl (C=O) groups excluding carboxylic acids is 1. The molecule has 0 saturated carbocycles. The highest BCUT2D eigenvalue weighted by Gasteiger charge is 2.14. The van der Waals surface area contributed by atoms with Gasteiger partial charge in [-0.25, -0.2) is 0 Å². The Morgan fingerprint density at radius 1 is 0.656 bits per heavy atom. The van der Waals surface area contributed by atoms with Gasteiger partial charge in [-0.3, -0.25) is 9.59 Å². The van der Waals surface area contributed by atoms with Crippen molar-refractivity contribution in [2.24, 2.45) is 0 Å². The molecule has 1 unspecified atom stereocenters. The Morgan fingerprint density at radius 3 is 1.78 bits per heavy atom. The van der Waals surface area contributed by atoms with Crippen molar-refractivity contribution < 1.29 is 19.4 Å². The van der Waals surface area contributed by atoms with Crippen LogP contribution in [0.2, 0.25) is 0 Å². The number of hydrogen-bond acceptors (Lipinski definition) is 3. The molecule has 32 heavy (non-hydrogen) atoms. The van der Waals surface area contributed by atoms with Crippen LogP contribution < -0.4 is 0 Å². The molecule has 4 nitrogen and oxygen atoms in total. The van der Waals surface area contributed by atoms with Crippen molar-refractivity contribution >= 4 is 11.9 Å². The van der Waals surface area contributed by atoms with Gasteiger partial charge in [0.2, 0.25) is 0 Å². The zero-order chi connectivity index (χ0) is 23.7. The molecule has 0 radical (unpaired) electrons. The third kappa shape index (κ3) is 23.3. The second kappa shape index (κ2) is 24.3. The number of carbonyl (C=O) groups is 2. The smallest absolute Gasteiger partial charge is 0.306 e. The fraction of sp³-hybridized carbons (Fsp3) is 0.857. The Morgan fingerprint density at radius 2 is 1.16 bits per heavy atom. The van der Waals surface area contributed by atoms with Gasteiger partial charge >= 0.3 is 11.9 Å². The molecule has 1 N–H and O–H groups in total. The Kier molecular flexibility index (Phi) is 23.3. The van der Waals surface area contributed by atoms with Crippen molar-refractivity contribution in [3.8, 4) is 0 Å². The summed E-state index contributed by atoms with van der Waals surface area (Å²) in [7, 11) is 0. The Bertz CT molecular complexity index is 458. The van der Waals surface area contributed by atoms with Crippen LogP contribution in [0.5, 0.6) is 0 Å². The number of carboxylic acids is 1. The normalized spacial score (nSPS) is 12.3. The minimum atomic E-state index is -0.716. The first-order valence-corrected chi connectivity index (χ1v) is 13.7. The number of ether oxygens (including phenoxy) is 1. The van der Waals surface area contributed by atoms with Gasteiger partial charge in [0.15, 0.2) is 0 Å². The highest BCUT2D eigenvalue weighted by Crippen LogP contribution is 2.17. The molecule has 0 amide bonds. The second-order valence-corrected chi connectivity index (χ2v) is 9.23. The summed E-state index contributed by atoms with van der Waals surface area (Å²) in [6.07, 6.45) is 26.5. The van der Waals surface area contributed by atoms with Crippen LogP contribution in [0.1, 0.15) is 149 Å². The number of unbranched alkanes of at least 4 members (excludes halogenated alkanes) is 13. The van der Waals surface area contributed by atoms with Crippen molar-refractivity contribution in [3.63, 3.8) is 0 Å². The summed E-state index contributed by atoms with van der Waals surface area (Å²) in [6.45, 7) is 4.43. The molecule has 0 aliphatic rings. The highest BCUT2D eigenvalue weighted by atomic mass is 16.5. The molecule has 1 atom stereocenters. The lowest BCUT2D eigenvalue weighted by atomic mass is 10.0. The maximum absolute atomic E-state index is 12.3. The van der Waals surface area contributed by atoms with E-state index in [-0.39, 0.29) is 18.5 Å². The summed E-state index contributed by atoms with van der Waals surface area (Å²) in [5, 5.41) is 8.72. The van der Waals surface area contributed by atoms with Crippen molar-refractivity contribution in [3.05, 3.63) is 12.2 Å². The maximum Gasteiger partial charge on any atom is 0.306 e. The number of aliphatic carboxylic acids is 1. The minimum absolute atomic E-state index is 0.0322. The summed E-state index contributed by atoms with van der Waals surface area (Å²) >= 11 is 0. The van der Waals surface area contributed by atoms with Crippen molar-refractivity contribution in [1.29, 1.82) is 0 Å². The van der Waals surface area contributed by atoms with Crippen LogP contribution in [-0.4, -0.2) is 23.1 Å². The lowest BCUT2D eigenvalue weighted by molar-refractivity contribution is -0.150. The lowest BCUT2D eigenvalue weighted by Crippen LogP contribution is -2.18. The predicted molar refractivity (Wildman–Crippen MR) is 135 cm³/mol. The van der Waals surface area contributed by atoms with Gasteiger partial charge in [0.05, 0.1) is 0 Å². The van der Waals surface area contributed by atoms with Crippen LogP contribution in [0, 0.1) is 0 Å². The topological polar surface area (TPSA) is 63.6 Å². The Balaban J connectivity index is 3.91. The first-order valence-electron chi connectivity index (χ1n) is 13.7. The second-order valence-electron chi connectivity index (χ2n) is 9.23. The standard InChI is InChI=1S/C28H52O4/c1-3-5-7-9-10-11-12-13-14-15-21-25-28(31)32-26(22-18-8-6-4-2)23-19-16-17-20-24-27(29)30/h9-10,26H,3-8,11-25H2,1-2H3,(H,29,30)/b10-9-. The number of hydrogen-bond donors (Lipinski definition) is 1. The van der Waals surface area contributed by atoms with E-state index in [0.29, 0.717) is 6.42 Å². The fourth-order valence-corrected chi connectivity index (χ4v) is 3.93. The molecule has 188 valence electrons. The first-order chi connectivity index (χ1) is 15.6. The van der Waals surface area contributed by atoms with E-state index >= 15 is 0 Å². The van der Waals surface area contributed by atoms with E-state index < -0.39 is 5.97 Å². The summed E-state index contributed by atoms with van der Waals surface area (Å²) in [5.74, 6) is -0.748. The van der Waals surface area contributed by atoms with E-state index in [4.69, 9.17) is 9.84 Å². The molecule has 0 saturated heterocycles. The van der Waals surface area contributed by atoms with Crippen LogP contribution >= 0.6 is 0 Å². The van der Waals surface area contributed by atoms with Gasteiger partial charge in [-0.05, 0) is 57.8 Å². The quantitative estimate of drug-likeness (QED) is 0.0902. The zero-order valence-corrected chi connectivity index (χ0v) is 21.3. The monoisotopic (exact) mass is 452 g/mol. The van der Waals surface area contributed by atoms with E-state index in [2.05, 4.69) is 26.0 Å². The Hall–Kier alpha value is -1.32. The lowest BCUT2D eigenvalue weighted by Gasteiger charge is -2.18. The third-order valence-corrected chi connectivity index (χ3v) is 5.99. The van der Waals surface area contributed by atoms with E-state index in [0.717, 1.165) is 57.8 Å². The molecule has 0 aliphatic carbocycles. The summed E-state index contributed by atoms with van der Waals surface area (Å²) in [6, 6.07) is 0. The molecule has 0 fully saturated rings. The molecule has 0 rings (SSSR count). The minimum Gasteiger partial charge on any atom is -0.481 e. The Labute approximate surface area is 198 Å². The summed E-state index contributed by atoms with van der Waals surface area (Å²) in [5.41, 5.74) is 0.